The number of imide groups is 2. The molecule has 4 amide bonds. The number of aryl methyl sites for hydroxylation is 3. The van der Waals surface area contributed by atoms with Gasteiger partial charge >= 0.3 is 0 Å². The Hall–Kier alpha value is -3.80. The van der Waals surface area contributed by atoms with Crippen LogP contribution in [-0.4, -0.2) is 23.6 Å². The van der Waals surface area contributed by atoms with Gasteiger partial charge in [0.2, 0.25) is 0 Å². The number of carbonyl (C=O) groups is 4. The molecular formula is C29H30N2O4. The second kappa shape index (κ2) is 9.45. The number of hydrogen-bond donors (Lipinski definition) is 0. The van der Waals surface area contributed by atoms with Crippen LogP contribution in [0, 0.1) is 6.92 Å². The minimum atomic E-state index is -0.316. The Morgan fingerprint density at radius 1 is 0.657 bits per heavy atom. The van der Waals surface area contributed by atoms with Crippen molar-refractivity contribution in [2.24, 2.45) is 0 Å². The van der Waals surface area contributed by atoms with Gasteiger partial charge in [0.15, 0.2) is 0 Å². The normalized spacial score (nSPS) is 15.5. The molecule has 35 heavy (non-hydrogen) atoms. The van der Waals surface area contributed by atoms with Crippen LogP contribution < -0.4 is 9.80 Å². The first kappa shape index (κ1) is 24.3. The van der Waals surface area contributed by atoms with Crippen molar-refractivity contribution in [1.29, 1.82) is 0 Å². The number of carbonyl (C=O) groups excluding carboxylic acids is 4. The van der Waals surface area contributed by atoms with Crippen molar-refractivity contribution in [3.05, 3.63) is 82.0 Å². The molecule has 0 atom stereocenters. The van der Waals surface area contributed by atoms with E-state index in [0.717, 1.165) is 33.4 Å². The summed E-state index contributed by atoms with van der Waals surface area (Å²) in [6, 6.07) is 8.25. The Balaban J connectivity index is 1.75. The van der Waals surface area contributed by atoms with Gasteiger partial charge in [0, 0.05) is 24.3 Å². The van der Waals surface area contributed by atoms with Gasteiger partial charge in [-0.05, 0) is 65.5 Å². The second-order valence-corrected chi connectivity index (χ2v) is 9.34. The fourth-order valence-electron chi connectivity index (χ4n) is 4.97. The highest BCUT2D eigenvalue weighted by molar-refractivity contribution is 6.29. The third-order valence-electron chi connectivity index (χ3n) is 6.58. The van der Waals surface area contributed by atoms with E-state index in [-0.39, 0.29) is 29.5 Å². The Kier molecular flexibility index (Phi) is 6.57. The van der Waals surface area contributed by atoms with Crippen LogP contribution in [0.15, 0.2) is 48.6 Å². The molecule has 6 heteroatoms. The molecule has 0 fully saturated rings. The lowest BCUT2D eigenvalue weighted by molar-refractivity contribution is -0.121. The van der Waals surface area contributed by atoms with Crippen molar-refractivity contribution in [2.45, 2.75) is 59.8 Å². The number of hydrogen-bond acceptors (Lipinski definition) is 4. The first-order valence-corrected chi connectivity index (χ1v) is 12.1. The van der Waals surface area contributed by atoms with Crippen LogP contribution in [0.2, 0.25) is 0 Å². The maximum Gasteiger partial charge on any atom is 0.258 e. The molecule has 0 saturated carbocycles. The van der Waals surface area contributed by atoms with E-state index in [9.17, 15) is 19.2 Å². The van der Waals surface area contributed by atoms with Crippen molar-refractivity contribution >= 4 is 35.0 Å². The first-order chi connectivity index (χ1) is 16.7. The number of benzene rings is 2. The fourth-order valence-corrected chi connectivity index (χ4v) is 4.97. The van der Waals surface area contributed by atoms with Crippen molar-refractivity contribution < 1.29 is 19.2 Å². The average Bonchev–Trinajstić information content (AvgIpc) is 3.32. The molecule has 0 radical (unpaired) electrons. The monoisotopic (exact) mass is 470 g/mol. The number of amides is 4. The highest BCUT2D eigenvalue weighted by Gasteiger charge is 2.31. The summed E-state index contributed by atoms with van der Waals surface area (Å²) in [5, 5.41) is 0. The third kappa shape index (κ3) is 4.36. The minimum absolute atomic E-state index is 0.115. The molecule has 0 bridgehead atoms. The van der Waals surface area contributed by atoms with E-state index >= 15 is 0 Å². The summed E-state index contributed by atoms with van der Waals surface area (Å²) < 4.78 is 0. The Morgan fingerprint density at radius 3 is 1.51 bits per heavy atom. The second-order valence-electron chi connectivity index (χ2n) is 9.34. The third-order valence-corrected chi connectivity index (χ3v) is 6.58. The Bertz CT molecular complexity index is 1220. The van der Waals surface area contributed by atoms with Gasteiger partial charge in [0.05, 0.1) is 11.4 Å². The molecule has 4 rings (SSSR count). The molecule has 0 aliphatic carbocycles. The topological polar surface area (TPSA) is 74.8 Å². The fraction of sp³-hybridized carbons (Fsp3) is 0.310. The highest BCUT2D eigenvalue weighted by atomic mass is 16.2. The van der Waals surface area contributed by atoms with E-state index in [0.29, 0.717) is 30.6 Å². The molecule has 6 nitrogen and oxygen atoms in total. The molecule has 0 unspecified atom stereocenters. The quantitative estimate of drug-likeness (QED) is 0.550. The van der Waals surface area contributed by atoms with E-state index in [1.807, 2.05) is 26.8 Å². The van der Waals surface area contributed by atoms with Gasteiger partial charge in [-0.25, -0.2) is 9.80 Å². The van der Waals surface area contributed by atoms with E-state index in [1.165, 1.54) is 34.1 Å². The standard InChI is InChI=1S/C29H30N2O4/c1-6-21-14-20(15-22(7-2)29(21)31-26(34)10-11-27(31)35)13-19-12-18(5)28(23(16-19)17(3)4)30-24(32)8-9-25(30)33/h8-12,14-17H,6-7,13H2,1-5H3. The smallest absolute Gasteiger partial charge is 0.258 e. The van der Waals surface area contributed by atoms with E-state index < -0.39 is 0 Å². The molecule has 2 aromatic carbocycles. The van der Waals surface area contributed by atoms with E-state index in [1.54, 1.807) is 0 Å². The zero-order chi connectivity index (χ0) is 25.4. The minimum Gasteiger partial charge on any atom is -0.269 e. The van der Waals surface area contributed by atoms with Crippen LogP contribution in [0.5, 0.6) is 0 Å². The van der Waals surface area contributed by atoms with Crippen molar-refractivity contribution in [3.63, 3.8) is 0 Å². The molecule has 180 valence electrons. The molecule has 0 aromatic heterocycles. The molecular weight excluding hydrogens is 440 g/mol. The molecule has 2 aliphatic heterocycles. The average molecular weight is 471 g/mol. The lowest BCUT2D eigenvalue weighted by atomic mass is 9.90. The number of anilines is 2. The Labute approximate surface area is 205 Å². The van der Waals surface area contributed by atoms with Gasteiger partial charge in [-0.3, -0.25) is 19.2 Å². The predicted molar refractivity (Wildman–Crippen MR) is 137 cm³/mol. The van der Waals surface area contributed by atoms with Gasteiger partial charge in [-0.2, -0.15) is 0 Å². The summed E-state index contributed by atoms with van der Waals surface area (Å²) in [5.74, 6) is -1.13. The lowest BCUT2D eigenvalue weighted by Crippen LogP contribution is -2.31. The summed E-state index contributed by atoms with van der Waals surface area (Å²) in [6.07, 6.45) is 7.29. The maximum absolute atomic E-state index is 12.4. The summed E-state index contributed by atoms with van der Waals surface area (Å²) in [5.41, 5.74) is 7.28. The molecule has 2 heterocycles. The highest BCUT2D eigenvalue weighted by Crippen LogP contribution is 2.36. The molecule has 0 spiro atoms. The largest absolute Gasteiger partial charge is 0.269 e. The number of rotatable bonds is 7. The van der Waals surface area contributed by atoms with Crippen LogP contribution in [0.1, 0.15) is 67.0 Å². The summed E-state index contributed by atoms with van der Waals surface area (Å²) in [7, 11) is 0. The molecule has 0 saturated heterocycles. The maximum atomic E-state index is 12.4. The van der Waals surface area contributed by atoms with Gasteiger partial charge in [-0.15, -0.1) is 0 Å². The zero-order valence-electron chi connectivity index (χ0n) is 20.8. The van der Waals surface area contributed by atoms with Crippen LogP contribution in [0.25, 0.3) is 0 Å². The van der Waals surface area contributed by atoms with Crippen LogP contribution in [0.3, 0.4) is 0 Å². The van der Waals surface area contributed by atoms with E-state index in [4.69, 9.17) is 0 Å². The summed E-state index contributed by atoms with van der Waals surface area (Å²) in [4.78, 5) is 52.1. The predicted octanol–water partition coefficient (Wildman–Crippen LogP) is 4.69. The van der Waals surface area contributed by atoms with Crippen molar-refractivity contribution in [1.82, 2.24) is 0 Å². The lowest BCUT2D eigenvalue weighted by Gasteiger charge is -2.25. The van der Waals surface area contributed by atoms with Gasteiger partial charge in [0.1, 0.15) is 0 Å². The number of nitrogens with zero attached hydrogens (tertiary/aromatic N) is 2. The molecule has 2 aromatic rings. The summed E-state index contributed by atoms with van der Waals surface area (Å²) >= 11 is 0. The van der Waals surface area contributed by atoms with Crippen LogP contribution >= 0.6 is 0 Å². The van der Waals surface area contributed by atoms with Crippen molar-refractivity contribution in [2.75, 3.05) is 9.80 Å². The molecule has 2 aliphatic rings. The Morgan fingerprint density at radius 2 is 1.09 bits per heavy atom. The van der Waals surface area contributed by atoms with E-state index in [2.05, 4.69) is 32.0 Å². The van der Waals surface area contributed by atoms with Crippen molar-refractivity contribution in [3.8, 4) is 0 Å². The van der Waals surface area contributed by atoms with Gasteiger partial charge in [0.25, 0.3) is 23.6 Å². The SMILES string of the molecule is CCc1cc(Cc2cc(C)c(N3C(=O)C=CC3=O)c(C(C)C)c2)cc(CC)c1N1C(=O)C=CC1=O. The van der Waals surface area contributed by atoms with Gasteiger partial charge < -0.3 is 0 Å². The van der Waals surface area contributed by atoms with Crippen LogP contribution in [0.4, 0.5) is 11.4 Å². The summed E-state index contributed by atoms with van der Waals surface area (Å²) in [6.45, 7) is 10.1. The van der Waals surface area contributed by atoms with Crippen LogP contribution in [-0.2, 0) is 38.4 Å². The van der Waals surface area contributed by atoms with Gasteiger partial charge in [-0.1, -0.05) is 52.0 Å². The first-order valence-electron chi connectivity index (χ1n) is 12.1. The zero-order valence-corrected chi connectivity index (χ0v) is 20.8. The molecule has 0 N–H and O–H groups in total.